The molecule has 0 radical (unpaired) electrons. The number of carbonyl (C=O) groups excluding carboxylic acids is 2. The fourth-order valence-electron chi connectivity index (χ4n) is 2.63. The molecule has 1 fully saturated rings. The van der Waals surface area contributed by atoms with E-state index in [-0.39, 0.29) is 11.8 Å². The monoisotopic (exact) mass is 298 g/mol. The number of carbonyl (C=O) groups is 2. The van der Waals surface area contributed by atoms with E-state index in [1.165, 1.54) is 0 Å². The number of rotatable bonds is 3. The van der Waals surface area contributed by atoms with Crippen LogP contribution in [0.25, 0.3) is 0 Å². The highest BCUT2D eigenvalue weighted by Crippen LogP contribution is 2.22. The molecule has 6 heteroatoms. The van der Waals surface area contributed by atoms with Gasteiger partial charge >= 0.3 is 0 Å². The van der Waals surface area contributed by atoms with Gasteiger partial charge < -0.3 is 10.2 Å². The van der Waals surface area contributed by atoms with Crippen LogP contribution >= 0.6 is 0 Å². The lowest BCUT2D eigenvalue weighted by molar-refractivity contribution is -0.117. The van der Waals surface area contributed by atoms with Gasteiger partial charge in [0.05, 0.1) is 11.4 Å². The van der Waals surface area contributed by atoms with Gasteiger partial charge in [0.1, 0.15) is 0 Å². The van der Waals surface area contributed by atoms with Crippen molar-refractivity contribution in [1.29, 1.82) is 0 Å². The van der Waals surface area contributed by atoms with Gasteiger partial charge in [0.25, 0.3) is 5.91 Å². The van der Waals surface area contributed by atoms with Gasteiger partial charge in [-0.05, 0) is 37.6 Å². The first kappa shape index (κ1) is 14.3. The van der Waals surface area contributed by atoms with Gasteiger partial charge in [-0.15, -0.1) is 0 Å². The summed E-state index contributed by atoms with van der Waals surface area (Å²) in [5, 5.41) is 7.03. The molecule has 1 aromatic carbocycles. The zero-order chi connectivity index (χ0) is 15.7. The molecule has 0 aliphatic carbocycles. The van der Waals surface area contributed by atoms with E-state index in [0.29, 0.717) is 17.7 Å². The van der Waals surface area contributed by atoms with E-state index in [4.69, 9.17) is 0 Å². The van der Waals surface area contributed by atoms with Gasteiger partial charge in [-0.2, -0.15) is 5.10 Å². The Morgan fingerprint density at radius 3 is 2.55 bits per heavy atom. The number of aromatic nitrogens is 2. The molecule has 0 unspecified atom stereocenters. The highest BCUT2D eigenvalue weighted by molar-refractivity contribution is 6.05. The van der Waals surface area contributed by atoms with Crippen molar-refractivity contribution in [2.45, 2.75) is 19.8 Å². The first-order chi connectivity index (χ1) is 10.5. The highest BCUT2D eigenvalue weighted by atomic mass is 16.2. The second-order valence-electron chi connectivity index (χ2n) is 5.45. The summed E-state index contributed by atoms with van der Waals surface area (Å²) < 4.78 is 1.66. The third-order valence-corrected chi connectivity index (χ3v) is 3.78. The van der Waals surface area contributed by atoms with Crippen molar-refractivity contribution in [3.8, 4) is 0 Å². The van der Waals surface area contributed by atoms with Crippen molar-refractivity contribution >= 4 is 23.2 Å². The topological polar surface area (TPSA) is 67.2 Å². The molecule has 2 amide bonds. The predicted octanol–water partition coefficient (Wildman–Crippen LogP) is 2.11. The van der Waals surface area contributed by atoms with Crippen LogP contribution in [0.4, 0.5) is 11.4 Å². The highest BCUT2D eigenvalue weighted by Gasteiger charge is 2.21. The maximum Gasteiger partial charge on any atom is 0.255 e. The van der Waals surface area contributed by atoms with Crippen LogP contribution in [-0.2, 0) is 11.8 Å². The summed E-state index contributed by atoms with van der Waals surface area (Å²) in [6.45, 7) is 2.59. The summed E-state index contributed by atoms with van der Waals surface area (Å²) in [5.74, 6) is -0.0430. The van der Waals surface area contributed by atoms with Gasteiger partial charge in [0, 0.05) is 37.5 Å². The Hall–Kier alpha value is -2.63. The second-order valence-corrected chi connectivity index (χ2v) is 5.45. The smallest absolute Gasteiger partial charge is 0.255 e. The van der Waals surface area contributed by atoms with E-state index in [1.807, 2.05) is 26.1 Å². The van der Waals surface area contributed by atoms with E-state index < -0.39 is 0 Å². The second kappa shape index (κ2) is 5.63. The molecule has 1 aromatic heterocycles. The van der Waals surface area contributed by atoms with Crippen molar-refractivity contribution in [1.82, 2.24) is 9.78 Å². The van der Waals surface area contributed by atoms with Gasteiger partial charge in [0.15, 0.2) is 0 Å². The average molecular weight is 298 g/mol. The molecule has 1 saturated heterocycles. The average Bonchev–Trinajstić information content (AvgIpc) is 3.05. The van der Waals surface area contributed by atoms with E-state index in [0.717, 1.165) is 24.3 Å². The molecule has 114 valence electrons. The first-order valence-corrected chi connectivity index (χ1v) is 7.26. The normalized spacial score (nSPS) is 14.5. The summed E-state index contributed by atoms with van der Waals surface area (Å²) in [5.41, 5.74) is 2.87. The summed E-state index contributed by atoms with van der Waals surface area (Å²) >= 11 is 0. The maximum atomic E-state index is 12.2. The lowest BCUT2D eigenvalue weighted by Crippen LogP contribution is -2.23. The Kier molecular flexibility index (Phi) is 3.66. The molecule has 0 bridgehead atoms. The third kappa shape index (κ3) is 2.72. The zero-order valence-corrected chi connectivity index (χ0v) is 12.7. The predicted molar refractivity (Wildman–Crippen MR) is 83.9 cm³/mol. The molecule has 0 spiro atoms. The minimum Gasteiger partial charge on any atom is -0.319 e. The zero-order valence-electron chi connectivity index (χ0n) is 12.7. The number of hydrogen-bond acceptors (Lipinski definition) is 3. The van der Waals surface area contributed by atoms with Crippen LogP contribution in [0.5, 0.6) is 0 Å². The van der Waals surface area contributed by atoms with Crippen LogP contribution in [-0.4, -0.2) is 28.1 Å². The molecular weight excluding hydrogens is 280 g/mol. The number of nitrogens with zero attached hydrogens (tertiary/aromatic N) is 3. The van der Waals surface area contributed by atoms with Crippen LogP contribution in [0.3, 0.4) is 0 Å². The lowest BCUT2D eigenvalue weighted by Gasteiger charge is -2.15. The van der Waals surface area contributed by atoms with Crippen LogP contribution < -0.4 is 10.2 Å². The molecule has 2 heterocycles. The SMILES string of the molecule is Cc1nn(C)cc1NC(=O)c1ccc(N2CCCC2=O)cc1. The van der Waals surface area contributed by atoms with Gasteiger partial charge in [-0.25, -0.2) is 0 Å². The van der Waals surface area contributed by atoms with E-state index in [9.17, 15) is 9.59 Å². The Balaban J connectivity index is 1.73. The molecule has 1 N–H and O–H groups in total. The van der Waals surface area contributed by atoms with Gasteiger partial charge in [-0.1, -0.05) is 0 Å². The quantitative estimate of drug-likeness (QED) is 0.943. The van der Waals surface area contributed by atoms with Crippen LogP contribution in [0.1, 0.15) is 28.9 Å². The fraction of sp³-hybridized carbons (Fsp3) is 0.312. The molecule has 6 nitrogen and oxygen atoms in total. The van der Waals surface area contributed by atoms with E-state index >= 15 is 0 Å². The number of hydrogen-bond donors (Lipinski definition) is 1. The summed E-state index contributed by atoms with van der Waals surface area (Å²) in [6.07, 6.45) is 3.26. The van der Waals surface area contributed by atoms with Crippen LogP contribution in [0, 0.1) is 6.92 Å². The van der Waals surface area contributed by atoms with Crippen molar-refractivity contribution in [2.75, 3.05) is 16.8 Å². The number of nitrogens with one attached hydrogen (secondary N) is 1. The Labute approximate surface area is 128 Å². The van der Waals surface area contributed by atoms with Crippen molar-refractivity contribution in [2.24, 2.45) is 7.05 Å². The van der Waals surface area contributed by atoms with Crippen molar-refractivity contribution < 1.29 is 9.59 Å². The molecule has 1 aliphatic rings. The van der Waals surface area contributed by atoms with Crippen LogP contribution in [0.2, 0.25) is 0 Å². The maximum absolute atomic E-state index is 12.2. The standard InChI is InChI=1S/C16H18N4O2/c1-11-14(10-19(2)18-11)17-16(22)12-5-7-13(8-6-12)20-9-3-4-15(20)21/h5-8,10H,3-4,9H2,1-2H3,(H,17,22). The fourth-order valence-corrected chi connectivity index (χ4v) is 2.63. The Morgan fingerprint density at radius 2 is 2.00 bits per heavy atom. The minimum atomic E-state index is -0.185. The van der Waals surface area contributed by atoms with E-state index in [2.05, 4.69) is 10.4 Å². The number of benzene rings is 1. The number of aryl methyl sites for hydroxylation is 2. The Bertz CT molecular complexity index is 718. The van der Waals surface area contributed by atoms with Crippen LogP contribution in [0.15, 0.2) is 30.5 Å². The molecule has 2 aromatic rings. The molecular formula is C16H18N4O2. The summed E-state index contributed by atoms with van der Waals surface area (Å²) in [6, 6.07) is 7.10. The van der Waals surface area contributed by atoms with Gasteiger partial charge in [-0.3, -0.25) is 14.3 Å². The lowest BCUT2D eigenvalue weighted by atomic mass is 10.2. The van der Waals surface area contributed by atoms with Gasteiger partial charge in [0.2, 0.25) is 5.91 Å². The third-order valence-electron chi connectivity index (χ3n) is 3.78. The molecule has 3 rings (SSSR count). The molecule has 0 atom stereocenters. The summed E-state index contributed by atoms with van der Waals surface area (Å²) in [7, 11) is 1.81. The molecule has 1 aliphatic heterocycles. The number of amides is 2. The van der Waals surface area contributed by atoms with E-state index in [1.54, 1.807) is 27.9 Å². The largest absolute Gasteiger partial charge is 0.319 e. The van der Waals surface area contributed by atoms with Crippen molar-refractivity contribution in [3.05, 3.63) is 41.7 Å². The Morgan fingerprint density at radius 1 is 1.27 bits per heavy atom. The minimum absolute atomic E-state index is 0.142. The molecule has 22 heavy (non-hydrogen) atoms. The first-order valence-electron chi connectivity index (χ1n) is 7.26. The van der Waals surface area contributed by atoms with Crippen molar-refractivity contribution in [3.63, 3.8) is 0 Å². The number of anilines is 2. The summed E-state index contributed by atoms with van der Waals surface area (Å²) in [4.78, 5) is 25.7. The molecule has 0 saturated carbocycles.